The van der Waals surface area contributed by atoms with Crippen LogP contribution in [0.15, 0.2) is 59.5 Å². The molecule has 0 heterocycles. The monoisotopic (exact) mass is 332 g/mol. The Morgan fingerprint density at radius 2 is 1.70 bits per heavy atom. The average Bonchev–Trinajstić information content (AvgIpc) is 2.52. The smallest absolute Gasteiger partial charge is 0.252 e. The predicted octanol–water partition coefficient (Wildman–Crippen LogP) is 1.05. The Morgan fingerprint density at radius 1 is 1.04 bits per heavy atom. The fourth-order valence-electron chi connectivity index (χ4n) is 2.05. The number of sulfone groups is 1. The minimum atomic E-state index is -3.43. The normalized spacial score (nSPS) is 12.4. The summed E-state index contributed by atoms with van der Waals surface area (Å²) in [4.78, 5) is 23.9. The molecule has 0 aliphatic rings. The van der Waals surface area contributed by atoms with E-state index in [0.717, 1.165) is 6.26 Å². The highest BCUT2D eigenvalue weighted by Gasteiger charge is 2.21. The first kappa shape index (κ1) is 16.7. The molecule has 0 saturated heterocycles. The number of hydrogen-bond donors (Lipinski definition) is 2. The molecule has 0 radical (unpaired) electrons. The van der Waals surface area contributed by atoms with Gasteiger partial charge < -0.3 is 11.1 Å². The topological polar surface area (TPSA) is 106 Å². The van der Waals surface area contributed by atoms with Crippen LogP contribution in [0.1, 0.15) is 22.0 Å². The van der Waals surface area contributed by atoms with E-state index in [-0.39, 0.29) is 10.5 Å². The molecule has 0 aromatic heterocycles. The van der Waals surface area contributed by atoms with Crippen LogP contribution in [0.25, 0.3) is 0 Å². The number of carbonyl (C=O) groups excluding carboxylic acids is 2. The number of carbonyl (C=O) groups is 2. The zero-order valence-electron chi connectivity index (χ0n) is 12.4. The third-order valence-corrected chi connectivity index (χ3v) is 4.33. The van der Waals surface area contributed by atoms with Gasteiger partial charge in [-0.3, -0.25) is 9.59 Å². The Morgan fingerprint density at radius 3 is 2.26 bits per heavy atom. The van der Waals surface area contributed by atoms with E-state index in [4.69, 9.17) is 5.73 Å². The zero-order chi connectivity index (χ0) is 17.0. The number of rotatable bonds is 5. The van der Waals surface area contributed by atoms with Crippen molar-refractivity contribution in [3.63, 3.8) is 0 Å². The van der Waals surface area contributed by atoms with Gasteiger partial charge in [0.15, 0.2) is 9.84 Å². The minimum absolute atomic E-state index is 0.0282. The first-order valence-corrected chi connectivity index (χ1v) is 8.63. The van der Waals surface area contributed by atoms with Crippen LogP contribution in [-0.2, 0) is 14.6 Å². The molecule has 2 rings (SSSR count). The second-order valence-corrected chi connectivity index (χ2v) is 7.04. The van der Waals surface area contributed by atoms with Crippen molar-refractivity contribution in [2.24, 2.45) is 5.73 Å². The predicted molar refractivity (Wildman–Crippen MR) is 85.4 cm³/mol. The second kappa shape index (κ2) is 6.62. The van der Waals surface area contributed by atoms with Crippen LogP contribution in [-0.4, -0.2) is 26.5 Å². The van der Waals surface area contributed by atoms with E-state index in [9.17, 15) is 18.0 Å². The van der Waals surface area contributed by atoms with Crippen LogP contribution in [0.2, 0.25) is 0 Å². The summed E-state index contributed by atoms with van der Waals surface area (Å²) in [6.45, 7) is 0. The second-order valence-electron chi connectivity index (χ2n) is 5.02. The van der Waals surface area contributed by atoms with Gasteiger partial charge in [-0.05, 0) is 23.8 Å². The van der Waals surface area contributed by atoms with Crippen molar-refractivity contribution in [2.75, 3.05) is 6.26 Å². The summed E-state index contributed by atoms with van der Waals surface area (Å²) in [6.07, 6.45) is 1.06. The molecule has 0 aliphatic carbocycles. The number of hydrogen-bond acceptors (Lipinski definition) is 4. The molecule has 2 aromatic carbocycles. The molecule has 0 spiro atoms. The lowest BCUT2D eigenvalue weighted by Gasteiger charge is -2.16. The van der Waals surface area contributed by atoms with E-state index >= 15 is 0 Å². The standard InChI is InChI=1S/C16H16N2O4S/c1-23(21,22)13-9-5-8-12(10-13)16(20)18-14(15(17)19)11-6-3-2-4-7-11/h2-10,14H,1H3,(H2,17,19)(H,18,20). The maximum atomic E-state index is 12.3. The van der Waals surface area contributed by atoms with Crippen molar-refractivity contribution in [3.8, 4) is 0 Å². The third kappa shape index (κ3) is 4.17. The van der Waals surface area contributed by atoms with Crippen molar-refractivity contribution in [1.82, 2.24) is 5.32 Å². The quantitative estimate of drug-likeness (QED) is 0.853. The highest BCUT2D eigenvalue weighted by Crippen LogP contribution is 2.15. The summed E-state index contributed by atoms with van der Waals surface area (Å²) in [7, 11) is -3.43. The van der Waals surface area contributed by atoms with Crippen molar-refractivity contribution < 1.29 is 18.0 Å². The van der Waals surface area contributed by atoms with Crippen LogP contribution >= 0.6 is 0 Å². The van der Waals surface area contributed by atoms with Gasteiger partial charge in [-0.2, -0.15) is 0 Å². The molecule has 23 heavy (non-hydrogen) atoms. The molecule has 2 amide bonds. The number of amides is 2. The average molecular weight is 332 g/mol. The fourth-order valence-corrected chi connectivity index (χ4v) is 2.71. The van der Waals surface area contributed by atoms with Gasteiger partial charge in [0.25, 0.3) is 5.91 Å². The van der Waals surface area contributed by atoms with Gasteiger partial charge in [-0.1, -0.05) is 36.4 Å². The third-order valence-electron chi connectivity index (χ3n) is 3.22. The number of benzene rings is 2. The number of primary amides is 1. The van der Waals surface area contributed by atoms with Crippen LogP contribution in [0.4, 0.5) is 0 Å². The van der Waals surface area contributed by atoms with Crippen LogP contribution in [0.5, 0.6) is 0 Å². The van der Waals surface area contributed by atoms with Crippen LogP contribution in [0, 0.1) is 0 Å². The highest BCUT2D eigenvalue weighted by atomic mass is 32.2. The van der Waals surface area contributed by atoms with Gasteiger partial charge in [-0.25, -0.2) is 8.42 Å². The molecule has 2 aromatic rings. The molecule has 120 valence electrons. The SMILES string of the molecule is CS(=O)(=O)c1cccc(C(=O)NC(C(N)=O)c2ccccc2)c1. The van der Waals surface area contributed by atoms with Crippen molar-refractivity contribution in [3.05, 3.63) is 65.7 Å². The molecule has 0 bridgehead atoms. The molecule has 3 N–H and O–H groups in total. The summed E-state index contributed by atoms with van der Waals surface area (Å²) < 4.78 is 23.1. The summed E-state index contributed by atoms with van der Waals surface area (Å²) in [5.41, 5.74) is 6.03. The van der Waals surface area contributed by atoms with Crippen molar-refractivity contribution >= 4 is 21.7 Å². The molecule has 0 fully saturated rings. The molecule has 6 nitrogen and oxygen atoms in total. The van der Waals surface area contributed by atoms with Crippen LogP contribution in [0.3, 0.4) is 0 Å². The fraction of sp³-hybridized carbons (Fsp3) is 0.125. The van der Waals surface area contributed by atoms with Crippen molar-refractivity contribution in [2.45, 2.75) is 10.9 Å². The molecular formula is C16H16N2O4S. The van der Waals surface area contributed by atoms with Gasteiger partial charge >= 0.3 is 0 Å². The Bertz CT molecular complexity index is 832. The molecule has 0 aliphatic heterocycles. The number of nitrogens with one attached hydrogen (secondary N) is 1. The Hall–Kier alpha value is -2.67. The van der Waals surface area contributed by atoms with Crippen LogP contribution < -0.4 is 11.1 Å². The highest BCUT2D eigenvalue weighted by molar-refractivity contribution is 7.90. The first-order chi connectivity index (χ1) is 10.8. The lowest BCUT2D eigenvalue weighted by atomic mass is 10.1. The zero-order valence-corrected chi connectivity index (χ0v) is 13.2. The Labute approximate surface area is 134 Å². The maximum Gasteiger partial charge on any atom is 0.252 e. The molecule has 0 saturated carbocycles. The van der Waals surface area contributed by atoms with Gasteiger partial charge in [0, 0.05) is 11.8 Å². The van der Waals surface area contributed by atoms with E-state index in [1.54, 1.807) is 30.3 Å². The minimum Gasteiger partial charge on any atom is -0.368 e. The summed E-state index contributed by atoms with van der Waals surface area (Å²) in [5.74, 6) is -1.29. The van der Waals surface area contributed by atoms with E-state index in [1.807, 2.05) is 0 Å². The molecular weight excluding hydrogens is 316 g/mol. The lowest BCUT2D eigenvalue weighted by Crippen LogP contribution is -2.37. The molecule has 1 atom stereocenters. The Kier molecular flexibility index (Phi) is 4.80. The largest absolute Gasteiger partial charge is 0.368 e. The molecule has 7 heteroatoms. The van der Waals surface area contributed by atoms with Gasteiger partial charge in [0.05, 0.1) is 4.90 Å². The van der Waals surface area contributed by atoms with Gasteiger partial charge in [-0.15, -0.1) is 0 Å². The maximum absolute atomic E-state index is 12.3. The molecule has 1 unspecified atom stereocenters. The summed E-state index contributed by atoms with van der Waals surface area (Å²) in [5, 5.41) is 2.52. The van der Waals surface area contributed by atoms with Crippen molar-refractivity contribution in [1.29, 1.82) is 0 Å². The van der Waals surface area contributed by atoms with E-state index < -0.39 is 27.7 Å². The lowest BCUT2D eigenvalue weighted by molar-refractivity contribution is -0.120. The summed E-state index contributed by atoms with van der Waals surface area (Å²) >= 11 is 0. The van der Waals surface area contributed by atoms with E-state index in [0.29, 0.717) is 5.56 Å². The van der Waals surface area contributed by atoms with E-state index in [2.05, 4.69) is 5.32 Å². The Balaban J connectivity index is 2.28. The number of nitrogens with two attached hydrogens (primary N) is 1. The first-order valence-electron chi connectivity index (χ1n) is 6.74. The van der Waals surface area contributed by atoms with E-state index in [1.165, 1.54) is 24.3 Å². The summed E-state index contributed by atoms with van der Waals surface area (Å²) in [6, 6.07) is 13.2. The van der Waals surface area contributed by atoms with Gasteiger partial charge in [0.1, 0.15) is 6.04 Å². The van der Waals surface area contributed by atoms with Gasteiger partial charge in [0.2, 0.25) is 5.91 Å².